The second-order valence-electron chi connectivity index (χ2n) is 8.47. The van der Waals surface area contributed by atoms with Gasteiger partial charge in [-0.1, -0.05) is 52.5 Å². The van der Waals surface area contributed by atoms with E-state index in [1.165, 1.54) is 36.3 Å². The number of halogens is 4. The van der Waals surface area contributed by atoms with Gasteiger partial charge in [-0.05, 0) is 36.4 Å². The van der Waals surface area contributed by atoms with E-state index in [1.54, 1.807) is 24.3 Å². The van der Waals surface area contributed by atoms with Gasteiger partial charge < -0.3 is 14.4 Å². The van der Waals surface area contributed by atoms with Crippen molar-refractivity contribution in [3.8, 4) is 11.5 Å². The van der Waals surface area contributed by atoms with Crippen LogP contribution in [0.25, 0.3) is 0 Å². The molecule has 2 aliphatic heterocycles. The summed E-state index contributed by atoms with van der Waals surface area (Å²) in [6.07, 6.45) is -0.00416. The molecule has 0 aliphatic carbocycles. The van der Waals surface area contributed by atoms with Crippen LogP contribution in [0.1, 0.15) is 27.1 Å². The van der Waals surface area contributed by atoms with E-state index in [0.717, 1.165) is 4.90 Å². The van der Waals surface area contributed by atoms with Crippen molar-refractivity contribution >= 4 is 81.5 Å². The Hall–Kier alpha value is -3.30. The van der Waals surface area contributed by atoms with Gasteiger partial charge in [0.2, 0.25) is 5.91 Å². The number of anilines is 2. The number of ether oxygens (including phenoxy) is 2. The van der Waals surface area contributed by atoms with Crippen molar-refractivity contribution in [1.29, 1.82) is 0 Å². The zero-order chi connectivity index (χ0) is 27.3. The maximum absolute atomic E-state index is 13.0. The summed E-state index contributed by atoms with van der Waals surface area (Å²) >= 11 is 24.5. The Morgan fingerprint density at radius 1 is 0.816 bits per heavy atom. The molecule has 0 bridgehead atoms. The standard InChI is InChI=1S/C26H16Cl4N2O6/c1-37-16-4-2-3-14(10-16)31-11-12(9-17(31)33)26(36)38-15-7-5-13(6-8-15)32-24(34)18-19(25(32)35)21(28)23(30)22(29)20(18)27/h2-8,10,12H,9,11H2,1H3/t12-/m0/s1. The number of hydrogen-bond acceptors (Lipinski definition) is 6. The molecule has 1 saturated heterocycles. The first kappa shape index (κ1) is 26.3. The average Bonchev–Trinajstić information content (AvgIpc) is 3.43. The van der Waals surface area contributed by atoms with E-state index in [2.05, 4.69) is 0 Å². The van der Waals surface area contributed by atoms with Crippen molar-refractivity contribution in [2.75, 3.05) is 23.5 Å². The largest absolute Gasteiger partial charge is 0.497 e. The summed E-state index contributed by atoms with van der Waals surface area (Å²) in [6.45, 7) is 0.157. The van der Waals surface area contributed by atoms with E-state index in [0.29, 0.717) is 11.4 Å². The van der Waals surface area contributed by atoms with Crippen LogP contribution < -0.4 is 19.3 Å². The summed E-state index contributed by atoms with van der Waals surface area (Å²) in [6, 6.07) is 12.7. The fraction of sp³-hybridized carbons (Fsp3) is 0.154. The van der Waals surface area contributed by atoms with E-state index in [-0.39, 0.29) is 61.5 Å². The van der Waals surface area contributed by atoms with Crippen LogP contribution in [0, 0.1) is 5.92 Å². The lowest BCUT2D eigenvalue weighted by molar-refractivity contribution is -0.139. The number of nitrogens with zero attached hydrogens (tertiary/aromatic N) is 2. The molecule has 3 aromatic rings. The fourth-order valence-corrected chi connectivity index (χ4v) is 5.35. The molecule has 1 atom stereocenters. The van der Waals surface area contributed by atoms with E-state index in [1.807, 2.05) is 0 Å². The molecular weight excluding hydrogens is 578 g/mol. The molecular formula is C26H16Cl4N2O6. The molecule has 0 spiro atoms. The third kappa shape index (κ3) is 4.37. The molecule has 2 heterocycles. The number of fused-ring (bicyclic) bond motifs is 1. The van der Waals surface area contributed by atoms with Gasteiger partial charge in [0.25, 0.3) is 11.8 Å². The van der Waals surface area contributed by atoms with Gasteiger partial charge in [-0.25, -0.2) is 4.90 Å². The fourth-order valence-electron chi connectivity index (χ4n) is 4.34. The first-order chi connectivity index (χ1) is 18.1. The lowest BCUT2D eigenvalue weighted by Crippen LogP contribution is -2.29. The molecule has 8 nitrogen and oxygen atoms in total. The molecule has 38 heavy (non-hydrogen) atoms. The topological polar surface area (TPSA) is 93.2 Å². The van der Waals surface area contributed by atoms with Gasteiger partial charge in [0.1, 0.15) is 11.5 Å². The number of methoxy groups -OCH3 is 1. The third-order valence-electron chi connectivity index (χ3n) is 6.24. The lowest BCUT2D eigenvalue weighted by Gasteiger charge is -2.17. The Bertz CT molecular complexity index is 1480. The van der Waals surface area contributed by atoms with Crippen molar-refractivity contribution in [3.63, 3.8) is 0 Å². The minimum Gasteiger partial charge on any atom is -0.497 e. The molecule has 194 valence electrons. The van der Waals surface area contributed by atoms with Gasteiger partial charge in [-0.2, -0.15) is 0 Å². The van der Waals surface area contributed by atoms with E-state index < -0.39 is 23.7 Å². The summed E-state index contributed by atoms with van der Waals surface area (Å²) in [5, 5.41) is -0.594. The summed E-state index contributed by atoms with van der Waals surface area (Å²) in [7, 11) is 1.53. The number of carbonyl (C=O) groups is 4. The molecule has 5 rings (SSSR count). The zero-order valence-electron chi connectivity index (χ0n) is 19.5. The van der Waals surface area contributed by atoms with Crippen LogP contribution in [0.4, 0.5) is 11.4 Å². The van der Waals surface area contributed by atoms with Gasteiger partial charge in [-0.3, -0.25) is 19.2 Å². The van der Waals surface area contributed by atoms with Gasteiger partial charge in [-0.15, -0.1) is 0 Å². The molecule has 3 amide bonds. The van der Waals surface area contributed by atoms with Crippen molar-refractivity contribution in [1.82, 2.24) is 0 Å². The van der Waals surface area contributed by atoms with E-state index in [9.17, 15) is 19.2 Å². The summed E-state index contributed by atoms with van der Waals surface area (Å²) < 4.78 is 10.7. The maximum Gasteiger partial charge on any atom is 0.316 e. The minimum absolute atomic E-state index is 0.00416. The van der Waals surface area contributed by atoms with Crippen molar-refractivity contribution in [2.24, 2.45) is 5.92 Å². The minimum atomic E-state index is -0.720. The normalized spacial score (nSPS) is 16.8. The Morgan fingerprint density at radius 3 is 2.00 bits per heavy atom. The highest BCUT2D eigenvalue weighted by Gasteiger charge is 2.42. The van der Waals surface area contributed by atoms with E-state index >= 15 is 0 Å². The summed E-state index contributed by atoms with van der Waals surface area (Å²) in [4.78, 5) is 53.8. The average molecular weight is 594 g/mol. The molecule has 2 aliphatic rings. The second-order valence-corrected chi connectivity index (χ2v) is 9.99. The second kappa shape index (κ2) is 10.1. The molecule has 3 aromatic carbocycles. The highest BCUT2D eigenvalue weighted by atomic mass is 35.5. The Labute approximate surface area is 236 Å². The summed E-state index contributed by atoms with van der Waals surface area (Å²) in [5.74, 6) is -2.15. The predicted molar refractivity (Wildman–Crippen MR) is 143 cm³/mol. The molecule has 1 fully saturated rings. The van der Waals surface area contributed by atoms with Crippen LogP contribution in [0.3, 0.4) is 0 Å². The molecule has 0 saturated carbocycles. The van der Waals surface area contributed by atoms with Crippen LogP contribution in [0.5, 0.6) is 11.5 Å². The number of rotatable bonds is 5. The zero-order valence-corrected chi connectivity index (χ0v) is 22.5. The quantitative estimate of drug-likeness (QED) is 0.117. The number of benzene rings is 3. The Balaban J connectivity index is 1.30. The molecule has 0 aromatic heterocycles. The SMILES string of the molecule is COc1cccc(N2C[C@@H](C(=O)Oc3ccc(N4C(=O)c5c(Cl)c(Cl)c(Cl)c(Cl)c5C4=O)cc3)CC2=O)c1. The van der Waals surface area contributed by atoms with Crippen LogP contribution in [-0.2, 0) is 9.59 Å². The van der Waals surface area contributed by atoms with Crippen LogP contribution in [0.15, 0.2) is 48.5 Å². The maximum atomic E-state index is 13.0. The lowest BCUT2D eigenvalue weighted by atomic mass is 10.1. The highest BCUT2D eigenvalue weighted by Crippen LogP contribution is 2.45. The first-order valence-corrected chi connectivity index (χ1v) is 12.6. The van der Waals surface area contributed by atoms with Crippen molar-refractivity contribution < 1.29 is 28.7 Å². The number of imide groups is 1. The highest BCUT2D eigenvalue weighted by molar-refractivity contribution is 6.56. The van der Waals surface area contributed by atoms with Crippen LogP contribution >= 0.6 is 46.4 Å². The smallest absolute Gasteiger partial charge is 0.316 e. The molecule has 12 heteroatoms. The number of amides is 3. The number of hydrogen-bond donors (Lipinski definition) is 0. The van der Waals surface area contributed by atoms with Crippen molar-refractivity contribution in [2.45, 2.75) is 6.42 Å². The number of esters is 1. The molecule has 0 radical (unpaired) electrons. The van der Waals surface area contributed by atoms with E-state index in [4.69, 9.17) is 55.9 Å². The van der Waals surface area contributed by atoms with Crippen LogP contribution in [-0.4, -0.2) is 37.3 Å². The van der Waals surface area contributed by atoms with Gasteiger partial charge in [0.05, 0.1) is 49.9 Å². The Morgan fingerprint density at radius 2 is 1.42 bits per heavy atom. The van der Waals surface area contributed by atoms with Crippen LogP contribution in [0.2, 0.25) is 20.1 Å². The Kier molecular flexibility index (Phi) is 7.00. The molecule has 0 unspecified atom stereocenters. The first-order valence-electron chi connectivity index (χ1n) is 11.1. The van der Waals surface area contributed by atoms with Gasteiger partial charge in [0, 0.05) is 24.7 Å². The third-order valence-corrected chi connectivity index (χ3v) is 8.04. The summed E-state index contributed by atoms with van der Waals surface area (Å²) in [5.41, 5.74) is 0.532. The monoisotopic (exact) mass is 592 g/mol. The predicted octanol–water partition coefficient (Wildman–Crippen LogP) is 6.07. The van der Waals surface area contributed by atoms with Gasteiger partial charge >= 0.3 is 5.97 Å². The van der Waals surface area contributed by atoms with Crippen molar-refractivity contribution in [3.05, 3.63) is 79.7 Å². The van der Waals surface area contributed by atoms with Gasteiger partial charge in [0.15, 0.2) is 0 Å². The molecule has 0 N–H and O–H groups in total. The number of carbonyl (C=O) groups excluding carboxylic acids is 4.